The number of aryl methyl sites for hydroxylation is 1. The molecule has 1 aromatic carbocycles. The van der Waals surface area contributed by atoms with Crippen molar-refractivity contribution in [2.75, 3.05) is 24.3 Å². The Kier molecular flexibility index (Phi) is 6.25. The number of carbonyl (C=O) groups is 2. The van der Waals surface area contributed by atoms with E-state index in [9.17, 15) is 9.59 Å². The maximum Gasteiger partial charge on any atom is 0.224 e. The minimum atomic E-state index is -0.0888. The molecule has 0 atom stereocenters. The van der Waals surface area contributed by atoms with Crippen molar-refractivity contribution in [3.63, 3.8) is 0 Å². The molecule has 2 aromatic heterocycles. The first-order chi connectivity index (χ1) is 14.3. The van der Waals surface area contributed by atoms with Crippen molar-refractivity contribution in [2.45, 2.75) is 33.6 Å². The Bertz CT molecular complexity index is 1070. The van der Waals surface area contributed by atoms with Gasteiger partial charge in [0.05, 0.1) is 5.69 Å². The van der Waals surface area contributed by atoms with Crippen LogP contribution in [0.1, 0.15) is 40.7 Å². The Morgan fingerprint density at radius 2 is 1.80 bits per heavy atom. The number of rotatable bonds is 7. The van der Waals surface area contributed by atoms with Gasteiger partial charge in [0.15, 0.2) is 11.6 Å². The van der Waals surface area contributed by atoms with Crippen molar-refractivity contribution >= 4 is 23.2 Å². The predicted octanol–water partition coefficient (Wildman–Crippen LogP) is 3.12. The summed E-state index contributed by atoms with van der Waals surface area (Å²) in [4.78, 5) is 34.2. The molecule has 0 bridgehead atoms. The molecular weight excluding hydrogens is 380 g/mol. The number of hydrogen-bond donors (Lipinski definition) is 1. The average Bonchev–Trinajstić information content (AvgIpc) is 3.00. The SMILES string of the molecule is CC(=O)c1ccc(NC(=O)CCc2c(C)nn(-c3cc(N(C)C)ncn3)c2C)cc1. The van der Waals surface area contributed by atoms with E-state index in [1.807, 2.05) is 38.9 Å². The maximum absolute atomic E-state index is 12.4. The number of aromatic nitrogens is 4. The van der Waals surface area contributed by atoms with Crippen molar-refractivity contribution in [1.29, 1.82) is 0 Å². The Morgan fingerprint density at radius 1 is 1.10 bits per heavy atom. The first-order valence-electron chi connectivity index (χ1n) is 9.72. The maximum atomic E-state index is 12.4. The molecule has 2 heterocycles. The Labute approximate surface area is 176 Å². The van der Waals surface area contributed by atoms with Crippen LogP contribution in [0.15, 0.2) is 36.7 Å². The molecule has 0 saturated heterocycles. The smallest absolute Gasteiger partial charge is 0.224 e. The van der Waals surface area contributed by atoms with Crippen LogP contribution < -0.4 is 10.2 Å². The summed E-state index contributed by atoms with van der Waals surface area (Å²) in [5.74, 6) is 1.39. The molecule has 0 unspecified atom stereocenters. The van der Waals surface area contributed by atoms with Gasteiger partial charge in [-0.1, -0.05) is 0 Å². The van der Waals surface area contributed by atoms with Crippen LogP contribution in [0.3, 0.4) is 0 Å². The van der Waals surface area contributed by atoms with Gasteiger partial charge in [-0.05, 0) is 57.0 Å². The molecule has 3 rings (SSSR count). The first-order valence-corrected chi connectivity index (χ1v) is 9.72. The van der Waals surface area contributed by atoms with Crippen molar-refractivity contribution in [3.05, 3.63) is 59.2 Å². The molecule has 0 aliphatic carbocycles. The quantitative estimate of drug-likeness (QED) is 0.606. The van der Waals surface area contributed by atoms with Gasteiger partial charge < -0.3 is 10.2 Å². The second kappa shape index (κ2) is 8.86. The summed E-state index contributed by atoms with van der Waals surface area (Å²) in [5.41, 5.74) is 4.15. The molecule has 0 radical (unpaired) electrons. The number of amides is 1. The van der Waals surface area contributed by atoms with E-state index in [-0.39, 0.29) is 11.7 Å². The summed E-state index contributed by atoms with van der Waals surface area (Å²) < 4.78 is 1.79. The number of carbonyl (C=O) groups excluding carboxylic acids is 2. The highest BCUT2D eigenvalue weighted by Gasteiger charge is 2.16. The molecule has 0 aliphatic heterocycles. The fraction of sp³-hybridized carbons (Fsp3) is 0.318. The molecular formula is C22H26N6O2. The third-order valence-electron chi connectivity index (χ3n) is 4.93. The zero-order chi connectivity index (χ0) is 21.8. The average molecular weight is 406 g/mol. The molecule has 0 spiro atoms. The van der Waals surface area contributed by atoms with E-state index in [4.69, 9.17) is 0 Å². The number of nitrogens with zero attached hydrogens (tertiary/aromatic N) is 5. The monoisotopic (exact) mass is 406 g/mol. The number of Topliss-reactive ketones (excluding diaryl/α,β-unsaturated/α-hetero) is 1. The summed E-state index contributed by atoms with van der Waals surface area (Å²) in [6.07, 6.45) is 2.42. The largest absolute Gasteiger partial charge is 0.363 e. The standard InChI is InChI=1S/C22H26N6O2/c1-14-19(10-11-22(30)25-18-8-6-17(7-9-18)16(3)29)15(2)28(26-14)21-12-20(27(4)5)23-13-24-21/h6-9,12-13H,10-11H2,1-5H3,(H,25,30). The number of anilines is 2. The number of benzene rings is 1. The van der Waals surface area contributed by atoms with Gasteiger partial charge in [0.25, 0.3) is 0 Å². The van der Waals surface area contributed by atoms with Gasteiger partial charge in [-0.3, -0.25) is 9.59 Å². The van der Waals surface area contributed by atoms with Crippen LogP contribution in [-0.4, -0.2) is 45.5 Å². The molecule has 1 N–H and O–H groups in total. The Morgan fingerprint density at radius 3 is 2.43 bits per heavy atom. The van der Waals surface area contributed by atoms with Crippen molar-refractivity contribution < 1.29 is 9.59 Å². The van der Waals surface area contributed by atoms with Gasteiger partial charge in [0.1, 0.15) is 12.1 Å². The summed E-state index contributed by atoms with van der Waals surface area (Å²) in [6.45, 7) is 5.43. The fourth-order valence-corrected chi connectivity index (χ4v) is 3.21. The summed E-state index contributed by atoms with van der Waals surface area (Å²) in [6, 6.07) is 8.77. The van der Waals surface area contributed by atoms with Crippen molar-refractivity contribution in [3.8, 4) is 5.82 Å². The molecule has 156 valence electrons. The van der Waals surface area contributed by atoms with E-state index >= 15 is 0 Å². The van der Waals surface area contributed by atoms with Crippen molar-refractivity contribution in [2.24, 2.45) is 0 Å². The van der Waals surface area contributed by atoms with Crippen LogP contribution in [0.25, 0.3) is 5.82 Å². The van der Waals surface area contributed by atoms with Gasteiger partial charge in [-0.25, -0.2) is 14.6 Å². The summed E-state index contributed by atoms with van der Waals surface area (Å²) in [5, 5.41) is 7.49. The third-order valence-corrected chi connectivity index (χ3v) is 4.93. The molecule has 0 aliphatic rings. The normalized spacial score (nSPS) is 10.7. The molecule has 0 fully saturated rings. The molecule has 1 amide bonds. The van der Waals surface area contributed by atoms with E-state index < -0.39 is 0 Å². The van der Waals surface area contributed by atoms with E-state index in [2.05, 4.69) is 20.4 Å². The van der Waals surface area contributed by atoms with E-state index in [1.54, 1.807) is 28.9 Å². The highest BCUT2D eigenvalue weighted by Crippen LogP contribution is 2.20. The number of nitrogens with one attached hydrogen (secondary N) is 1. The van der Waals surface area contributed by atoms with Gasteiger partial charge in [0, 0.05) is 43.5 Å². The lowest BCUT2D eigenvalue weighted by molar-refractivity contribution is -0.116. The lowest BCUT2D eigenvalue weighted by Gasteiger charge is -2.12. The zero-order valence-electron chi connectivity index (χ0n) is 17.9. The molecule has 8 heteroatoms. The van der Waals surface area contributed by atoms with Crippen molar-refractivity contribution in [1.82, 2.24) is 19.7 Å². The molecule has 8 nitrogen and oxygen atoms in total. The van der Waals surface area contributed by atoms with E-state index in [0.29, 0.717) is 29.9 Å². The minimum Gasteiger partial charge on any atom is -0.363 e. The van der Waals surface area contributed by atoms with Gasteiger partial charge in [0.2, 0.25) is 5.91 Å². The van der Waals surface area contributed by atoms with Crippen LogP contribution in [0.5, 0.6) is 0 Å². The first kappa shape index (κ1) is 21.2. The lowest BCUT2D eigenvalue weighted by Crippen LogP contribution is -2.13. The predicted molar refractivity (Wildman–Crippen MR) is 116 cm³/mol. The summed E-state index contributed by atoms with van der Waals surface area (Å²) >= 11 is 0. The van der Waals surface area contributed by atoms with Crippen LogP contribution in [0.4, 0.5) is 11.5 Å². The van der Waals surface area contributed by atoms with Crippen LogP contribution in [0.2, 0.25) is 0 Å². The van der Waals surface area contributed by atoms with Crippen LogP contribution in [-0.2, 0) is 11.2 Å². The van der Waals surface area contributed by atoms with Crippen LogP contribution >= 0.6 is 0 Å². The van der Waals surface area contributed by atoms with E-state index in [0.717, 1.165) is 22.8 Å². The lowest BCUT2D eigenvalue weighted by atomic mass is 10.1. The fourth-order valence-electron chi connectivity index (χ4n) is 3.21. The zero-order valence-corrected chi connectivity index (χ0v) is 17.9. The molecule has 0 saturated carbocycles. The Balaban J connectivity index is 1.69. The minimum absolute atomic E-state index is 0.00257. The third kappa shape index (κ3) is 4.71. The number of hydrogen-bond acceptors (Lipinski definition) is 6. The highest BCUT2D eigenvalue weighted by atomic mass is 16.1. The second-order valence-corrected chi connectivity index (χ2v) is 7.37. The molecule has 30 heavy (non-hydrogen) atoms. The van der Waals surface area contributed by atoms with Gasteiger partial charge in [-0.15, -0.1) is 0 Å². The topological polar surface area (TPSA) is 93.0 Å². The van der Waals surface area contributed by atoms with Gasteiger partial charge >= 0.3 is 0 Å². The van der Waals surface area contributed by atoms with Gasteiger partial charge in [-0.2, -0.15) is 5.10 Å². The summed E-state index contributed by atoms with van der Waals surface area (Å²) in [7, 11) is 3.84. The second-order valence-electron chi connectivity index (χ2n) is 7.37. The Hall–Kier alpha value is -3.55. The highest BCUT2D eigenvalue weighted by molar-refractivity contribution is 5.95. The number of ketones is 1. The van der Waals surface area contributed by atoms with Crippen LogP contribution in [0, 0.1) is 13.8 Å². The molecule has 3 aromatic rings. The van der Waals surface area contributed by atoms with E-state index in [1.165, 1.54) is 13.3 Å².